The monoisotopic (exact) mass is 428 g/mol. The van der Waals surface area contributed by atoms with Crippen LogP contribution in [0.1, 0.15) is 0 Å². The Kier molecular flexibility index (Phi) is 4.69. The molecule has 0 bridgehead atoms. The number of alkyl halides is 13. The normalized spacial score (nSPS) is 17.5. The van der Waals surface area contributed by atoms with Gasteiger partial charge in [-0.25, -0.2) is 13.2 Å². The molecule has 0 N–H and O–H groups in total. The lowest BCUT2D eigenvalue weighted by Gasteiger charge is -2.38. The van der Waals surface area contributed by atoms with Crippen molar-refractivity contribution in [2.24, 2.45) is 0 Å². The van der Waals surface area contributed by atoms with Crippen LogP contribution in [0, 0.1) is 0 Å². The minimum absolute atomic E-state index is 0.419. The van der Waals surface area contributed by atoms with Crippen molar-refractivity contribution in [3.05, 3.63) is 0 Å². The molecule has 0 rings (SSSR count). The highest BCUT2D eigenvalue weighted by molar-refractivity contribution is 14.1. The predicted molar refractivity (Wildman–Crippen MR) is 44.8 cm³/mol. The molecule has 0 aliphatic carbocycles. The van der Waals surface area contributed by atoms with Crippen molar-refractivity contribution in [2.45, 2.75) is 34.0 Å². The Morgan fingerprint density at radius 3 is 1.00 bits per heavy atom. The van der Waals surface area contributed by atoms with Crippen LogP contribution in [-0.2, 0) is 0 Å². The van der Waals surface area contributed by atoms with Crippen LogP contribution >= 0.6 is 22.6 Å². The second kappa shape index (κ2) is 4.72. The van der Waals surface area contributed by atoms with Gasteiger partial charge in [0.15, 0.2) is 3.92 Å². The third kappa shape index (κ3) is 2.99. The molecule has 0 heterocycles. The SMILES string of the molecule is FC(F)(F)C(I)C(F)(F)C(F)(C(F)(F)F)C(F)(F)F. The van der Waals surface area contributed by atoms with E-state index in [2.05, 4.69) is 0 Å². The minimum atomic E-state index is -7.31. The first-order chi connectivity index (χ1) is 7.90. The summed E-state index contributed by atoms with van der Waals surface area (Å²) >= 11 is -0.419. The number of hydrogen-bond acceptors (Lipinski definition) is 0. The molecule has 1 unspecified atom stereocenters. The fraction of sp³-hybridized carbons (Fsp3) is 1.00. The van der Waals surface area contributed by atoms with E-state index in [1.807, 2.05) is 0 Å². The number of rotatable bonds is 2. The fourth-order valence-electron chi connectivity index (χ4n) is 0.919. The van der Waals surface area contributed by atoms with Gasteiger partial charge in [-0.05, 0) is 0 Å². The van der Waals surface area contributed by atoms with Crippen molar-refractivity contribution < 1.29 is 52.7 Å². The molecule has 0 aromatic rings. The Morgan fingerprint density at radius 2 is 0.842 bits per heavy atom. The van der Waals surface area contributed by atoms with Crippen LogP contribution < -0.4 is 0 Å². The molecule has 0 radical (unpaired) electrons. The van der Waals surface area contributed by atoms with Gasteiger partial charge in [-0.1, -0.05) is 22.6 Å². The lowest BCUT2D eigenvalue weighted by Crippen LogP contribution is -2.69. The van der Waals surface area contributed by atoms with Crippen LogP contribution in [0.25, 0.3) is 0 Å². The van der Waals surface area contributed by atoms with E-state index in [0.717, 1.165) is 0 Å². The van der Waals surface area contributed by atoms with Gasteiger partial charge in [0.1, 0.15) is 0 Å². The molecule has 0 fully saturated rings. The molecule has 0 aliphatic rings. The molecule has 116 valence electrons. The number of halogens is 13. The molecule has 13 heteroatoms. The molecule has 0 spiro atoms. The first kappa shape index (κ1) is 18.9. The third-order valence-electron chi connectivity index (χ3n) is 1.85. The van der Waals surface area contributed by atoms with Crippen molar-refractivity contribution >= 4 is 22.6 Å². The van der Waals surface area contributed by atoms with E-state index in [0.29, 0.717) is 0 Å². The molecular formula is C6HF12I. The summed E-state index contributed by atoms with van der Waals surface area (Å²) in [6, 6.07) is 0. The van der Waals surface area contributed by atoms with Crippen LogP contribution in [0.2, 0.25) is 0 Å². The zero-order valence-corrected chi connectivity index (χ0v) is 10.1. The van der Waals surface area contributed by atoms with Crippen molar-refractivity contribution in [3.63, 3.8) is 0 Å². The summed E-state index contributed by atoms with van der Waals surface area (Å²) in [4.78, 5) is 0. The molecule has 0 saturated heterocycles. The van der Waals surface area contributed by atoms with Crippen molar-refractivity contribution in [2.75, 3.05) is 0 Å². The lowest BCUT2D eigenvalue weighted by molar-refractivity contribution is -0.401. The zero-order valence-electron chi connectivity index (χ0n) is 7.99. The Bertz CT molecular complexity index is 307. The van der Waals surface area contributed by atoms with Gasteiger partial charge in [-0.2, -0.15) is 39.5 Å². The zero-order chi connectivity index (χ0) is 16.1. The quantitative estimate of drug-likeness (QED) is 0.336. The van der Waals surface area contributed by atoms with Gasteiger partial charge in [0.2, 0.25) is 0 Å². The van der Waals surface area contributed by atoms with E-state index < -0.39 is 56.6 Å². The van der Waals surface area contributed by atoms with Crippen LogP contribution in [-0.4, -0.2) is 34.0 Å². The van der Waals surface area contributed by atoms with E-state index in [4.69, 9.17) is 0 Å². The van der Waals surface area contributed by atoms with E-state index in [1.54, 1.807) is 0 Å². The molecule has 0 aromatic carbocycles. The van der Waals surface area contributed by atoms with Gasteiger partial charge < -0.3 is 0 Å². The summed E-state index contributed by atoms with van der Waals surface area (Å²) in [6.07, 6.45) is -20.7. The summed E-state index contributed by atoms with van der Waals surface area (Å²) in [5.74, 6) is -6.79. The molecule has 0 nitrogen and oxygen atoms in total. The molecular weight excluding hydrogens is 427 g/mol. The van der Waals surface area contributed by atoms with E-state index in [-0.39, 0.29) is 0 Å². The Labute approximate surface area is 110 Å². The van der Waals surface area contributed by atoms with Crippen LogP contribution in [0.5, 0.6) is 0 Å². The lowest BCUT2D eigenvalue weighted by atomic mass is 9.93. The predicted octanol–water partition coefficient (Wildman–Crippen LogP) is 4.82. The van der Waals surface area contributed by atoms with Gasteiger partial charge in [-0.15, -0.1) is 0 Å². The average molecular weight is 428 g/mol. The standard InChI is InChI=1S/C6HF12I/c7-2(8,1(19)3(9,10)11)4(12,5(13,14)15)6(16,17)18/h1H. The molecule has 1 atom stereocenters. The molecule has 0 saturated carbocycles. The first-order valence-corrected chi connectivity index (χ1v) is 5.06. The third-order valence-corrected chi connectivity index (χ3v) is 3.33. The Morgan fingerprint density at radius 1 is 0.579 bits per heavy atom. The summed E-state index contributed by atoms with van der Waals surface area (Å²) < 4.78 is 141. The van der Waals surface area contributed by atoms with Gasteiger partial charge in [0, 0.05) is 0 Å². The minimum Gasteiger partial charge on any atom is -0.216 e. The Hall–Kier alpha value is -0.110. The van der Waals surface area contributed by atoms with Gasteiger partial charge >= 0.3 is 30.1 Å². The second-order valence-corrected chi connectivity index (χ2v) is 4.43. The molecule has 19 heavy (non-hydrogen) atoms. The van der Waals surface area contributed by atoms with Crippen LogP contribution in [0.3, 0.4) is 0 Å². The highest BCUT2D eigenvalue weighted by Gasteiger charge is 2.87. The highest BCUT2D eigenvalue weighted by Crippen LogP contribution is 2.58. The molecule has 0 aliphatic heterocycles. The Balaban J connectivity index is 6.06. The largest absolute Gasteiger partial charge is 0.437 e. The van der Waals surface area contributed by atoms with Crippen molar-refractivity contribution in [1.82, 2.24) is 0 Å². The first-order valence-electron chi connectivity index (χ1n) is 3.81. The van der Waals surface area contributed by atoms with E-state index in [9.17, 15) is 52.7 Å². The van der Waals surface area contributed by atoms with Gasteiger partial charge in [0.25, 0.3) is 0 Å². The van der Waals surface area contributed by atoms with Gasteiger partial charge in [0.05, 0.1) is 0 Å². The molecule has 0 aromatic heterocycles. The van der Waals surface area contributed by atoms with E-state index in [1.165, 1.54) is 0 Å². The topological polar surface area (TPSA) is 0 Å². The highest BCUT2D eigenvalue weighted by atomic mass is 127. The summed E-state index contributed by atoms with van der Waals surface area (Å²) in [5.41, 5.74) is -7.31. The van der Waals surface area contributed by atoms with Crippen LogP contribution in [0.4, 0.5) is 52.7 Å². The van der Waals surface area contributed by atoms with Crippen molar-refractivity contribution in [1.29, 1.82) is 0 Å². The number of hydrogen-bond donors (Lipinski definition) is 0. The van der Waals surface area contributed by atoms with Crippen LogP contribution in [0.15, 0.2) is 0 Å². The maximum Gasteiger partial charge on any atom is 0.437 e. The maximum absolute atomic E-state index is 12.9. The molecule has 0 amide bonds. The second-order valence-electron chi connectivity index (χ2n) is 3.18. The summed E-state index contributed by atoms with van der Waals surface area (Å²) in [5, 5.41) is 0. The van der Waals surface area contributed by atoms with Crippen molar-refractivity contribution in [3.8, 4) is 0 Å². The van der Waals surface area contributed by atoms with Gasteiger partial charge in [-0.3, -0.25) is 0 Å². The van der Waals surface area contributed by atoms with E-state index >= 15 is 0 Å². The fourth-order valence-corrected chi connectivity index (χ4v) is 1.35. The maximum atomic E-state index is 12.9. The smallest absolute Gasteiger partial charge is 0.216 e. The average Bonchev–Trinajstić information content (AvgIpc) is 2.09. The summed E-state index contributed by atoms with van der Waals surface area (Å²) in [6.45, 7) is 0. The summed E-state index contributed by atoms with van der Waals surface area (Å²) in [7, 11) is 0.